The number of aromatic nitrogens is 2. The summed E-state index contributed by atoms with van der Waals surface area (Å²) in [6.45, 7) is 13.1. The van der Waals surface area contributed by atoms with Gasteiger partial charge in [-0.05, 0) is 36.7 Å². The standard InChI is InChI=1S/C11H19BrN2/c1-10(2,3)9-8(12)7-13-14(9)11(4,5)6/h7H,1-6H3. The molecule has 80 valence electrons. The van der Waals surface area contributed by atoms with Crippen LogP contribution in [0.5, 0.6) is 0 Å². The maximum atomic E-state index is 4.42. The third-order valence-electron chi connectivity index (χ3n) is 2.07. The Labute approximate surface area is 94.8 Å². The van der Waals surface area contributed by atoms with Crippen molar-refractivity contribution in [2.75, 3.05) is 0 Å². The van der Waals surface area contributed by atoms with Gasteiger partial charge in [-0.25, -0.2) is 0 Å². The van der Waals surface area contributed by atoms with Crippen LogP contribution in [0.15, 0.2) is 10.7 Å². The number of hydrogen-bond acceptors (Lipinski definition) is 1. The van der Waals surface area contributed by atoms with Crippen LogP contribution in [0.1, 0.15) is 47.2 Å². The minimum Gasteiger partial charge on any atom is -0.263 e. The fourth-order valence-electron chi connectivity index (χ4n) is 1.51. The van der Waals surface area contributed by atoms with Crippen LogP contribution >= 0.6 is 15.9 Å². The second-order valence-corrected chi connectivity index (χ2v) is 6.53. The maximum absolute atomic E-state index is 4.42. The Balaban J connectivity index is 3.35. The van der Waals surface area contributed by atoms with Gasteiger partial charge in [-0.2, -0.15) is 5.10 Å². The highest BCUT2D eigenvalue weighted by molar-refractivity contribution is 9.10. The predicted molar refractivity (Wildman–Crippen MR) is 63.6 cm³/mol. The van der Waals surface area contributed by atoms with E-state index >= 15 is 0 Å². The quantitative estimate of drug-likeness (QED) is 0.694. The molecule has 0 fully saturated rings. The summed E-state index contributed by atoms with van der Waals surface area (Å²) in [5.74, 6) is 0. The first-order chi connectivity index (χ1) is 6.14. The van der Waals surface area contributed by atoms with Gasteiger partial charge in [0.1, 0.15) is 0 Å². The average molecular weight is 259 g/mol. The van der Waals surface area contributed by atoms with Crippen molar-refractivity contribution in [2.24, 2.45) is 0 Å². The monoisotopic (exact) mass is 258 g/mol. The zero-order chi connectivity index (χ0) is 11.1. The van der Waals surface area contributed by atoms with E-state index in [1.165, 1.54) is 5.69 Å². The minimum atomic E-state index is 0.0363. The molecule has 0 unspecified atom stereocenters. The average Bonchev–Trinajstić information content (AvgIpc) is 2.27. The fourth-order valence-corrected chi connectivity index (χ4v) is 2.37. The van der Waals surface area contributed by atoms with Gasteiger partial charge in [0, 0.05) is 5.41 Å². The van der Waals surface area contributed by atoms with Crippen molar-refractivity contribution in [3.8, 4) is 0 Å². The number of nitrogens with zero attached hydrogens (tertiary/aromatic N) is 2. The van der Waals surface area contributed by atoms with Gasteiger partial charge in [-0.15, -0.1) is 0 Å². The van der Waals surface area contributed by atoms with Crippen molar-refractivity contribution >= 4 is 15.9 Å². The van der Waals surface area contributed by atoms with Crippen molar-refractivity contribution in [3.63, 3.8) is 0 Å². The Kier molecular flexibility index (Phi) is 2.83. The summed E-state index contributed by atoms with van der Waals surface area (Å²) in [6, 6.07) is 0. The SMILES string of the molecule is CC(C)(C)c1c(Br)cnn1C(C)(C)C. The molecule has 0 spiro atoms. The van der Waals surface area contributed by atoms with Crippen LogP contribution in [-0.4, -0.2) is 9.78 Å². The molecule has 0 atom stereocenters. The minimum absolute atomic E-state index is 0.0363. The van der Waals surface area contributed by atoms with Gasteiger partial charge in [0.05, 0.1) is 21.9 Å². The van der Waals surface area contributed by atoms with Gasteiger partial charge < -0.3 is 0 Å². The Morgan fingerprint density at radius 3 is 1.93 bits per heavy atom. The lowest BCUT2D eigenvalue weighted by atomic mass is 9.91. The molecule has 1 heterocycles. The third kappa shape index (κ3) is 2.19. The van der Waals surface area contributed by atoms with Gasteiger partial charge in [0.2, 0.25) is 0 Å². The first-order valence-corrected chi connectivity index (χ1v) is 5.68. The molecule has 0 amide bonds. The molecule has 0 bridgehead atoms. The van der Waals surface area contributed by atoms with Crippen molar-refractivity contribution in [2.45, 2.75) is 52.5 Å². The molecule has 3 heteroatoms. The third-order valence-corrected chi connectivity index (χ3v) is 2.65. The number of hydrogen-bond donors (Lipinski definition) is 0. The summed E-state index contributed by atoms with van der Waals surface area (Å²) in [6.07, 6.45) is 1.88. The molecule has 0 aromatic carbocycles. The lowest BCUT2D eigenvalue weighted by Crippen LogP contribution is -2.30. The van der Waals surface area contributed by atoms with Crippen LogP contribution in [-0.2, 0) is 11.0 Å². The van der Waals surface area contributed by atoms with Gasteiger partial charge in [-0.1, -0.05) is 20.8 Å². The summed E-state index contributed by atoms with van der Waals surface area (Å²) >= 11 is 3.56. The van der Waals surface area contributed by atoms with E-state index in [0.29, 0.717) is 0 Å². The van der Waals surface area contributed by atoms with Gasteiger partial charge in [0.15, 0.2) is 0 Å². The van der Waals surface area contributed by atoms with Crippen molar-refractivity contribution < 1.29 is 0 Å². The fraction of sp³-hybridized carbons (Fsp3) is 0.727. The molecule has 0 radical (unpaired) electrons. The second kappa shape index (κ2) is 3.37. The summed E-state index contributed by atoms with van der Waals surface area (Å²) in [5, 5.41) is 4.42. The molecule has 0 aliphatic heterocycles. The lowest BCUT2D eigenvalue weighted by Gasteiger charge is -2.28. The van der Waals surface area contributed by atoms with E-state index in [0.717, 1.165) is 4.47 Å². The molecular weight excluding hydrogens is 240 g/mol. The van der Waals surface area contributed by atoms with E-state index in [2.05, 4.69) is 67.3 Å². The molecular formula is C11H19BrN2. The molecule has 14 heavy (non-hydrogen) atoms. The number of halogens is 1. The van der Waals surface area contributed by atoms with Crippen LogP contribution in [0.25, 0.3) is 0 Å². The smallest absolute Gasteiger partial charge is 0.0635 e. The molecule has 0 saturated heterocycles. The molecule has 0 aliphatic carbocycles. The Bertz CT molecular complexity index is 326. The van der Waals surface area contributed by atoms with E-state index in [4.69, 9.17) is 0 Å². The molecule has 1 aromatic heterocycles. The lowest BCUT2D eigenvalue weighted by molar-refractivity contribution is 0.322. The molecule has 0 saturated carbocycles. The highest BCUT2D eigenvalue weighted by atomic mass is 79.9. The van der Waals surface area contributed by atoms with Crippen LogP contribution in [0.2, 0.25) is 0 Å². The normalized spacial score (nSPS) is 13.4. The molecule has 2 nitrogen and oxygen atoms in total. The van der Waals surface area contributed by atoms with E-state index in [1.807, 2.05) is 6.20 Å². The summed E-state index contributed by atoms with van der Waals surface area (Å²) in [7, 11) is 0. The maximum Gasteiger partial charge on any atom is 0.0635 e. The molecule has 0 N–H and O–H groups in total. The predicted octanol–water partition coefficient (Wildman–Crippen LogP) is 3.70. The van der Waals surface area contributed by atoms with Crippen LogP contribution < -0.4 is 0 Å². The molecule has 0 aliphatic rings. The summed E-state index contributed by atoms with van der Waals surface area (Å²) < 4.78 is 3.19. The second-order valence-electron chi connectivity index (χ2n) is 5.67. The summed E-state index contributed by atoms with van der Waals surface area (Å²) in [4.78, 5) is 0. The first-order valence-electron chi connectivity index (χ1n) is 4.88. The molecule has 1 aromatic rings. The van der Waals surface area contributed by atoms with Crippen LogP contribution in [0.4, 0.5) is 0 Å². The van der Waals surface area contributed by atoms with E-state index in [1.54, 1.807) is 0 Å². The Hall–Kier alpha value is -0.310. The van der Waals surface area contributed by atoms with E-state index in [9.17, 15) is 0 Å². The van der Waals surface area contributed by atoms with Gasteiger partial charge >= 0.3 is 0 Å². The van der Waals surface area contributed by atoms with E-state index in [-0.39, 0.29) is 11.0 Å². The van der Waals surface area contributed by atoms with Gasteiger partial charge in [0.25, 0.3) is 0 Å². The Morgan fingerprint density at radius 2 is 1.64 bits per heavy atom. The van der Waals surface area contributed by atoms with Crippen molar-refractivity contribution in [1.29, 1.82) is 0 Å². The van der Waals surface area contributed by atoms with Crippen molar-refractivity contribution in [3.05, 3.63) is 16.4 Å². The first kappa shape index (κ1) is 11.8. The number of rotatable bonds is 0. The van der Waals surface area contributed by atoms with Crippen LogP contribution in [0.3, 0.4) is 0 Å². The zero-order valence-electron chi connectivity index (χ0n) is 9.85. The topological polar surface area (TPSA) is 17.8 Å². The summed E-state index contributed by atoms with van der Waals surface area (Å²) in [5.41, 5.74) is 1.40. The highest BCUT2D eigenvalue weighted by Crippen LogP contribution is 2.32. The van der Waals surface area contributed by atoms with Crippen LogP contribution in [0, 0.1) is 0 Å². The van der Waals surface area contributed by atoms with E-state index < -0.39 is 0 Å². The Morgan fingerprint density at radius 1 is 1.14 bits per heavy atom. The zero-order valence-corrected chi connectivity index (χ0v) is 11.4. The largest absolute Gasteiger partial charge is 0.263 e. The van der Waals surface area contributed by atoms with Crippen molar-refractivity contribution in [1.82, 2.24) is 9.78 Å². The van der Waals surface area contributed by atoms with Gasteiger partial charge in [-0.3, -0.25) is 4.68 Å². The highest BCUT2D eigenvalue weighted by Gasteiger charge is 2.27. The molecule has 1 rings (SSSR count).